The van der Waals surface area contributed by atoms with Crippen molar-refractivity contribution < 1.29 is 13.2 Å². The average Bonchev–Trinajstić information content (AvgIpc) is 2.36. The van der Waals surface area contributed by atoms with E-state index in [-0.39, 0.29) is 5.69 Å². The van der Waals surface area contributed by atoms with Gasteiger partial charge in [0, 0.05) is 24.6 Å². The quantitative estimate of drug-likeness (QED) is 0.829. The zero-order valence-electron chi connectivity index (χ0n) is 10.1. The van der Waals surface area contributed by atoms with E-state index in [1.54, 1.807) is 0 Å². The second-order valence-corrected chi connectivity index (χ2v) is 4.73. The van der Waals surface area contributed by atoms with Crippen molar-refractivity contribution in [1.29, 1.82) is 0 Å². The second-order valence-electron chi connectivity index (χ2n) is 4.73. The van der Waals surface area contributed by atoms with Crippen molar-refractivity contribution in [3.63, 3.8) is 0 Å². The average molecular weight is 263 g/mol. The SMILES string of the molecule is Fc1cc(F)c(NCC2Cc3ccccc32)cc1F. The molecular weight excluding hydrogens is 251 g/mol. The van der Waals surface area contributed by atoms with Crippen LogP contribution < -0.4 is 5.32 Å². The summed E-state index contributed by atoms with van der Waals surface area (Å²) >= 11 is 0. The third kappa shape index (κ3) is 2.18. The molecule has 0 amide bonds. The van der Waals surface area contributed by atoms with Crippen LogP contribution in [-0.4, -0.2) is 6.54 Å². The van der Waals surface area contributed by atoms with Gasteiger partial charge in [0.1, 0.15) is 5.82 Å². The van der Waals surface area contributed by atoms with Gasteiger partial charge in [-0.2, -0.15) is 0 Å². The molecule has 0 saturated carbocycles. The van der Waals surface area contributed by atoms with Crippen LogP contribution in [0.2, 0.25) is 0 Å². The molecule has 0 aromatic heterocycles. The summed E-state index contributed by atoms with van der Waals surface area (Å²) in [5, 5.41) is 2.84. The summed E-state index contributed by atoms with van der Waals surface area (Å²) in [6, 6.07) is 9.46. The van der Waals surface area contributed by atoms with Crippen LogP contribution in [0, 0.1) is 17.5 Å². The molecule has 1 atom stereocenters. The summed E-state index contributed by atoms with van der Waals surface area (Å²) in [6.45, 7) is 0.513. The maximum absolute atomic E-state index is 13.4. The van der Waals surface area contributed by atoms with E-state index < -0.39 is 17.5 Å². The van der Waals surface area contributed by atoms with Crippen molar-refractivity contribution in [2.75, 3.05) is 11.9 Å². The topological polar surface area (TPSA) is 12.0 Å². The Kier molecular flexibility index (Phi) is 2.93. The minimum atomic E-state index is -1.17. The molecular formula is C15H12F3N. The van der Waals surface area contributed by atoms with Gasteiger partial charge in [-0.1, -0.05) is 24.3 Å². The fourth-order valence-corrected chi connectivity index (χ4v) is 2.44. The van der Waals surface area contributed by atoms with Crippen LogP contribution in [-0.2, 0) is 6.42 Å². The molecule has 3 rings (SSSR count). The first-order valence-electron chi connectivity index (χ1n) is 6.11. The van der Waals surface area contributed by atoms with E-state index >= 15 is 0 Å². The number of rotatable bonds is 3. The highest BCUT2D eigenvalue weighted by Gasteiger charge is 2.25. The summed E-state index contributed by atoms with van der Waals surface area (Å²) in [7, 11) is 0. The Labute approximate surface area is 109 Å². The number of hydrogen-bond acceptors (Lipinski definition) is 1. The lowest BCUT2D eigenvalue weighted by atomic mass is 9.77. The van der Waals surface area contributed by atoms with Crippen molar-refractivity contribution in [3.05, 3.63) is 65.0 Å². The number of anilines is 1. The van der Waals surface area contributed by atoms with Gasteiger partial charge in [0.05, 0.1) is 5.69 Å². The van der Waals surface area contributed by atoms with Crippen LogP contribution in [0.15, 0.2) is 36.4 Å². The number of halogens is 3. The molecule has 0 spiro atoms. The number of hydrogen-bond donors (Lipinski definition) is 1. The van der Waals surface area contributed by atoms with Crippen LogP contribution in [0.1, 0.15) is 17.0 Å². The van der Waals surface area contributed by atoms with Crippen LogP contribution in [0.4, 0.5) is 18.9 Å². The molecule has 1 aliphatic carbocycles. The van der Waals surface area contributed by atoms with Gasteiger partial charge >= 0.3 is 0 Å². The van der Waals surface area contributed by atoms with Gasteiger partial charge < -0.3 is 5.32 Å². The molecule has 19 heavy (non-hydrogen) atoms. The Balaban J connectivity index is 1.70. The molecule has 0 fully saturated rings. The fourth-order valence-electron chi connectivity index (χ4n) is 2.44. The van der Waals surface area contributed by atoms with E-state index in [9.17, 15) is 13.2 Å². The maximum atomic E-state index is 13.4. The molecule has 0 bridgehead atoms. The van der Waals surface area contributed by atoms with Gasteiger partial charge in [0.15, 0.2) is 11.6 Å². The number of benzene rings is 2. The maximum Gasteiger partial charge on any atom is 0.161 e. The first-order valence-corrected chi connectivity index (χ1v) is 6.11. The molecule has 2 aromatic rings. The lowest BCUT2D eigenvalue weighted by molar-refractivity contribution is 0.495. The van der Waals surface area contributed by atoms with Crippen LogP contribution in [0.3, 0.4) is 0 Å². The lowest BCUT2D eigenvalue weighted by Gasteiger charge is -2.30. The molecule has 1 nitrogen and oxygen atoms in total. The van der Waals surface area contributed by atoms with Crippen LogP contribution >= 0.6 is 0 Å². The third-order valence-electron chi connectivity index (χ3n) is 3.51. The second kappa shape index (κ2) is 4.61. The molecule has 1 aliphatic rings. The highest BCUT2D eigenvalue weighted by molar-refractivity contribution is 5.47. The smallest absolute Gasteiger partial charge is 0.161 e. The van der Waals surface area contributed by atoms with Gasteiger partial charge in [0.25, 0.3) is 0 Å². The molecule has 0 aliphatic heterocycles. The van der Waals surface area contributed by atoms with E-state index in [0.717, 1.165) is 12.5 Å². The fraction of sp³-hybridized carbons (Fsp3) is 0.200. The van der Waals surface area contributed by atoms with Crippen molar-refractivity contribution >= 4 is 5.69 Å². The van der Waals surface area contributed by atoms with Crippen molar-refractivity contribution in [3.8, 4) is 0 Å². The minimum Gasteiger partial charge on any atom is -0.382 e. The van der Waals surface area contributed by atoms with E-state index in [1.165, 1.54) is 11.1 Å². The monoisotopic (exact) mass is 263 g/mol. The highest BCUT2D eigenvalue weighted by atomic mass is 19.2. The van der Waals surface area contributed by atoms with Gasteiger partial charge in [0.2, 0.25) is 0 Å². The lowest BCUT2D eigenvalue weighted by Crippen LogP contribution is -2.24. The molecule has 0 radical (unpaired) electrons. The zero-order valence-corrected chi connectivity index (χ0v) is 10.1. The predicted octanol–water partition coefficient (Wildman–Crippen LogP) is 3.86. The van der Waals surface area contributed by atoms with Crippen molar-refractivity contribution in [2.45, 2.75) is 12.3 Å². The molecule has 1 unspecified atom stereocenters. The largest absolute Gasteiger partial charge is 0.382 e. The normalized spacial score (nSPS) is 16.7. The van der Waals surface area contributed by atoms with Gasteiger partial charge in [-0.25, -0.2) is 13.2 Å². The Morgan fingerprint density at radius 2 is 1.74 bits per heavy atom. The summed E-state index contributed by atoms with van der Waals surface area (Å²) in [5.41, 5.74) is 2.53. The van der Waals surface area contributed by atoms with E-state index in [4.69, 9.17) is 0 Å². The van der Waals surface area contributed by atoms with Gasteiger partial charge in [-0.3, -0.25) is 0 Å². The van der Waals surface area contributed by atoms with E-state index in [2.05, 4.69) is 11.4 Å². The number of nitrogens with one attached hydrogen (secondary N) is 1. The van der Waals surface area contributed by atoms with Gasteiger partial charge in [-0.05, 0) is 17.5 Å². The van der Waals surface area contributed by atoms with Crippen molar-refractivity contribution in [1.82, 2.24) is 0 Å². The van der Waals surface area contributed by atoms with Crippen LogP contribution in [0.25, 0.3) is 0 Å². The number of fused-ring (bicyclic) bond motifs is 1. The van der Waals surface area contributed by atoms with E-state index in [1.807, 2.05) is 18.2 Å². The summed E-state index contributed by atoms with van der Waals surface area (Å²) in [6.07, 6.45) is 0.925. The molecule has 4 heteroatoms. The van der Waals surface area contributed by atoms with Gasteiger partial charge in [-0.15, -0.1) is 0 Å². The predicted molar refractivity (Wildman–Crippen MR) is 67.7 cm³/mol. The first kappa shape index (κ1) is 12.1. The molecule has 0 saturated heterocycles. The van der Waals surface area contributed by atoms with E-state index in [0.29, 0.717) is 18.5 Å². The molecule has 0 heterocycles. The Morgan fingerprint density at radius 1 is 1.00 bits per heavy atom. The standard InChI is InChI=1S/C15H12F3N/c16-12-6-14(18)15(7-13(12)17)19-8-10-5-9-3-1-2-4-11(9)10/h1-4,6-7,10,19H,5,8H2. The Bertz CT molecular complexity index is 625. The zero-order chi connectivity index (χ0) is 13.4. The summed E-state index contributed by atoms with van der Waals surface area (Å²) in [4.78, 5) is 0. The Hall–Kier alpha value is -1.97. The Morgan fingerprint density at radius 3 is 2.53 bits per heavy atom. The molecule has 1 N–H and O–H groups in total. The summed E-state index contributed by atoms with van der Waals surface area (Å²) < 4.78 is 39.3. The van der Waals surface area contributed by atoms with Crippen molar-refractivity contribution in [2.24, 2.45) is 0 Å². The minimum absolute atomic E-state index is 0.00304. The molecule has 98 valence electrons. The highest BCUT2D eigenvalue weighted by Crippen LogP contribution is 2.35. The third-order valence-corrected chi connectivity index (χ3v) is 3.51. The summed E-state index contributed by atoms with van der Waals surface area (Å²) in [5.74, 6) is -2.69. The molecule has 2 aromatic carbocycles. The van der Waals surface area contributed by atoms with Crippen LogP contribution in [0.5, 0.6) is 0 Å². The first-order chi connectivity index (χ1) is 9.15.